The molecular formula is C48H89NO4. The third-order valence-electron chi connectivity index (χ3n) is 10.3. The van der Waals surface area contributed by atoms with Gasteiger partial charge in [-0.3, -0.25) is 4.79 Å². The van der Waals surface area contributed by atoms with Crippen LogP contribution in [0.4, 0.5) is 0 Å². The molecule has 0 saturated heterocycles. The van der Waals surface area contributed by atoms with E-state index in [0.717, 1.165) is 38.5 Å². The summed E-state index contributed by atoms with van der Waals surface area (Å²) in [6.07, 6.45) is 55.4. The van der Waals surface area contributed by atoms with Gasteiger partial charge in [0.15, 0.2) is 0 Å². The van der Waals surface area contributed by atoms with Crippen molar-refractivity contribution in [3.05, 3.63) is 48.6 Å². The zero-order valence-electron chi connectivity index (χ0n) is 35.1. The maximum absolute atomic E-state index is 12.4. The van der Waals surface area contributed by atoms with Crippen LogP contribution in [0, 0.1) is 0 Å². The van der Waals surface area contributed by atoms with E-state index in [1.165, 1.54) is 161 Å². The number of unbranched alkanes of at least 4 members (excludes halogenated alkanes) is 26. The Labute approximate surface area is 329 Å². The number of rotatable bonds is 41. The number of allylic oxidation sites excluding steroid dienone is 7. The van der Waals surface area contributed by atoms with Crippen LogP contribution in [0.3, 0.4) is 0 Å². The van der Waals surface area contributed by atoms with Crippen molar-refractivity contribution in [2.75, 3.05) is 6.61 Å². The van der Waals surface area contributed by atoms with Crippen LogP contribution < -0.4 is 5.32 Å². The summed E-state index contributed by atoms with van der Waals surface area (Å²) < 4.78 is 0. The molecule has 0 aliphatic carbocycles. The molecule has 5 nitrogen and oxygen atoms in total. The van der Waals surface area contributed by atoms with E-state index in [1.54, 1.807) is 6.08 Å². The molecule has 0 radical (unpaired) electrons. The van der Waals surface area contributed by atoms with Crippen molar-refractivity contribution in [2.45, 2.75) is 244 Å². The molecule has 1 amide bonds. The summed E-state index contributed by atoms with van der Waals surface area (Å²) in [4.78, 5) is 12.4. The number of carbonyl (C=O) groups excluding carboxylic acids is 1. The van der Waals surface area contributed by atoms with Gasteiger partial charge >= 0.3 is 0 Å². The van der Waals surface area contributed by atoms with Gasteiger partial charge in [-0.1, -0.05) is 204 Å². The van der Waals surface area contributed by atoms with Crippen molar-refractivity contribution in [1.82, 2.24) is 5.32 Å². The Balaban J connectivity index is 3.70. The highest BCUT2D eigenvalue weighted by Crippen LogP contribution is 2.14. The van der Waals surface area contributed by atoms with E-state index in [-0.39, 0.29) is 18.9 Å². The minimum atomic E-state index is -0.954. The number of aliphatic hydroxyl groups excluding tert-OH is 3. The van der Waals surface area contributed by atoms with E-state index in [9.17, 15) is 20.1 Å². The molecule has 0 aromatic rings. The van der Waals surface area contributed by atoms with Crippen molar-refractivity contribution in [3.63, 3.8) is 0 Å². The molecular weight excluding hydrogens is 655 g/mol. The second-order valence-electron chi connectivity index (χ2n) is 15.6. The first-order valence-electron chi connectivity index (χ1n) is 22.9. The van der Waals surface area contributed by atoms with E-state index in [2.05, 4.69) is 55.6 Å². The van der Waals surface area contributed by atoms with E-state index < -0.39 is 18.2 Å². The molecule has 0 saturated carbocycles. The van der Waals surface area contributed by atoms with Crippen LogP contribution in [0.25, 0.3) is 0 Å². The summed E-state index contributed by atoms with van der Waals surface area (Å²) in [6, 6.07) is -0.764. The Bertz CT molecular complexity index is 866. The highest BCUT2D eigenvalue weighted by molar-refractivity contribution is 5.76. The highest BCUT2D eigenvalue weighted by Gasteiger charge is 2.20. The van der Waals surface area contributed by atoms with Crippen LogP contribution in [0.2, 0.25) is 0 Å². The maximum atomic E-state index is 12.4. The first-order valence-corrected chi connectivity index (χ1v) is 22.9. The molecule has 0 aliphatic heterocycles. The zero-order valence-corrected chi connectivity index (χ0v) is 35.1. The lowest BCUT2D eigenvalue weighted by Crippen LogP contribution is -2.45. The van der Waals surface area contributed by atoms with E-state index >= 15 is 0 Å². The molecule has 0 aromatic heterocycles. The van der Waals surface area contributed by atoms with Crippen LogP contribution >= 0.6 is 0 Å². The van der Waals surface area contributed by atoms with Crippen molar-refractivity contribution in [2.24, 2.45) is 0 Å². The van der Waals surface area contributed by atoms with Crippen molar-refractivity contribution in [3.8, 4) is 0 Å². The molecule has 0 rings (SSSR count). The van der Waals surface area contributed by atoms with E-state index in [1.807, 2.05) is 6.08 Å². The SMILES string of the molecule is CCCCCCCCCCC/C=C\C/C=C\CCCCCCCCCC(O)CC(=O)NC(CO)C(O)/C=C/CC/C=C/CCCCCCCCCCC. The standard InChI is InChI=1S/C48H89NO4/c1-3-5-7-9-11-13-15-17-19-20-21-22-23-24-25-26-28-29-31-33-35-37-39-41-45(51)43-48(53)49-46(44-50)47(52)42-40-38-36-34-32-30-27-18-16-14-12-10-8-6-4-2/h21-22,24-25,32,34,40,42,45-47,50-52H,3-20,23,26-31,33,35-39,41,43-44H2,1-2H3,(H,49,53)/b22-21-,25-24-,34-32+,42-40+. The topological polar surface area (TPSA) is 89.8 Å². The summed E-state index contributed by atoms with van der Waals surface area (Å²) in [6.45, 7) is 4.19. The molecule has 0 fully saturated rings. The quantitative estimate of drug-likeness (QED) is 0.0371. The Morgan fingerprint density at radius 1 is 0.491 bits per heavy atom. The number of nitrogens with one attached hydrogen (secondary N) is 1. The minimum Gasteiger partial charge on any atom is -0.394 e. The van der Waals surface area contributed by atoms with Gasteiger partial charge in [-0.2, -0.15) is 0 Å². The van der Waals surface area contributed by atoms with Gasteiger partial charge in [-0.25, -0.2) is 0 Å². The van der Waals surface area contributed by atoms with Crippen LogP contribution in [-0.2, 0) is 4.79 Å². The van der Waals surface area contributed by atoms with Crippen LogP contribution in [0.1, 0.15) is 226 Å². The van der Waals surface area contributed by atoms with Crippen molar-refractivity contribution >= 4 is 5.91 Å². The van der Waals surface area contributed by atoms with E-state index in [4.69, 9.17) is 0 Å². The second kappa shape index (κ2) is 43.0. The normalized spacial score (nSPS) is 14.0. The lowest BCUT2D eigenvalue weighted by atomic mass is 10.0. The lowest BCUT2D eigenvalue weighted by molar-refractivity contribution is -0.124. The first-order chi connectivity index (χ1) is 26.0. The molecule has 53 heavy (non-hydrogen) atoms. The smallest absolute Gasteiger partial charge is 0.222 e. The average molecular weight is 744 g/mol. The summed E-state index contributed by atoms with van der Waals surface area (Å²) in [7, 11) is 0. The second-order valence-corrected chi connectivity index (χ2v) is 15.6. The summed E-state index contributed by atoms with van der Waals surface area (Å²) in [5.74, 6) is -0.331. The minimum absolute atomic E-state index is 0.000689. The summed E-state index contributed by atoms with van der Waals surface area (Å²) in [5, 5.41) is 33.2. The molecule has 0 aromatic carbocycles. The van der Waals surface area contributed by atoms with Crippen molar-refractivity contribution in [1.29, 1.82) is 0 Å². The Hall–Kier alpha value is -1.69. The van der Waals surface area contributed by atoms with Gasteiger partial charge in [0.1, 0.15) is 0 Å². The van der Waals surface area contributed by atoms with Gasteiger partial charge in [0.25, 0.3) is 0 Å². The molecule has 5 heteroatoms. The van der Waals surface area contributed by atoms with Gasteiger partial charge in [0.2, 0.25) is 5.91 Å². The molecule has 3 unspecified atom stereocenters. The van der Waals surface area contributed by atoms with E-state index in [0.29, 0.717) is 6.42 Å². The Kier molecular flexibility index (Phi) is 41.7. The van der Waals surface area contributed by atoms with Gasteiger partial charge in [0, 0.05) is 0 Å². The van der Waals surface area contributed by atoms with Crippen LogP contribution in [0.15, 0.2) is 48.6 Å². The van der Waals surface area contributed by atoms with Gasteiger partial charge < -0.3 is 20.6 Å². The van der Waals surface area contributed by atoms with Crippen molar-refractivity contribution < 1.29 is 20.1 Å². The molecule has 310 valence electrons. The number of amides is 1. The largest absolute Gasteiger partial charge is 0.394 e. The number of carbonyl (C=O) groups is 1. The van der Waals surface area contributed by atoms with Crippen LogP contribution in [-0.4, -0.2) is 46.1 Å². The molecule has 4 N–H and O–H groups in total. The monoisotopic (exact) mass is 744 g/mol. The summed E-state index contributed by atoms with van der Waals surface area (Å²) in [5.41, 5.74) is 0. The third-order valence-corrected chi connectivity index (χ3v) is 10.3. The fourth-order valence-electron chi connectivity index (χ4n) is 6.80. The van der Waals surface area contributed by atoms with Gasteiger partial charge in [-0.05, 0) is 64.2 Å². The molecule has 0 spiro atoms. The fraction of sp³-hybridized carbons (Fsp3) is 0.812. The molecule has 0 heterocycles. The zero-order chi connectivity index (χ0) is 38.7. The van der Waals surface area contributed by atoms with Gasteiger partial charge in [0.05, 0.1) is 31.3 Å². The average Bonchev–Trinajstić information content (AvgIpc) is 3.15. The number of hydrogen-bond donors (Lipinski definition) is 4. The maximum Gasteiger partial charge on any atom is 0.222 e. The number of aliphatic hydroxyl groups is 3. The molecule has 0 bridgehead atoms. The van der Waals surface area contributed by atoms with Gasteiger partial charge in [-0.15, -0.1) is 0 Å². The number of hydrogen-bond acceptors (Lipinski definition) is 4. The highest BCUT2D eigenvalue weighted by atomic mass is 16.3. The first kappa shape index (κ1) is 51.3. The Morgan fingerprint density at radius 2 is 0.868 bits per heavy atom. The molecule has 3 atom stereocenters. The predicted molar refractivity (Wildman–Crippen MR) is 231 cm³/mol. The summed E-state index contributed by atoms with van der Waals surface area (Å²) >= 11 is 0. The Morgan fingerprint density at radius 3 is 1.32 bits per heavy atom. The lowest BCUT2D eigenvalue weighted by Gasteiger charge is -2.21. The third kappa shape index (κ3) is 39.8. The predicted octanol–water partition coefficient (Wildman–Crippen LogP) is 13.3. The van der Waals surface area contributed by atoms with Crippen LogP contribution in [0.5, 0.6) is 0 Å². The molecule has 0 aliphatic rings. The fourth-order valence-corrected chi connectivity index (χ4v) is 6.80.